The summed E-state index contributed by atoms with van der Waals surface area (Å²) in [7, 11) is 0. The van der Waals surface area contributed by atoms with Crippen molar-refractivity contribution in [3.05, 3.63) is 112 Å². The number of halogens is 5. The van der Waals surface area contributed by atoms with E-state index >= 15 is 0 Å². The summed E-state index contributed by atoms with van der Waals surface area (Å²) >= 11 is 6.88. The number of ether oxygens (including phenoxy) is 5. The number of unbranched alkanes of at least 4 members (excludes halogenated alkanes) is 1. The average molecular weight is 713 g/mol. The quantitative estimate of drug-likeness (QED) is 0.0402. The topological polar surface area (TPSA) is 63.2 Å². The summed E-state index contributed by atoms with van der Waals surface area (Å²) in [6, 6.07) is 21.5. The highest BCUT2D eigenvalue weighted by Crippen LogP contribution is 2.48. The number of benzene rings is 4. The predicted molar refractivity (Wildman–Crippen MR) is 181 cm³/mol. The largest absolute Gasteiger partial charge is 0.573 e. The number of aryl methyl sites for hydroxylation is 2. The molecule has 6 rings (SSSR count). The minimum atomic E-state index is -4.96. The zero-order valence-electron chi connectivity index (χ0n) is 27.5. The summed E-state index contributed by atoms with van der Waals surface area (Å²) in [5.41, 5.74) is 5.63. The van der Waals surface area contributed by atoms with Gasteiger partial charge in [0.25, 0.3) is 0 Å². The van der Waals surface area contributed by atoms with Gasteiger partial charge in [0.2, 0.25) is 0 Å². The Hall–Kier alpha value is -4.12. The van der Waals surface area contributed by atoms with E-state index in [0.29, 0.717) is 48.7 Å². The van der Waals surface area contributed by atoms with Crippen molar-refractivity contribution in [3.63, 3.8) is 0 Å². The number of carbonyl (C=O) groups excluding carboxylic acids is 1. The maximum atomic E-state index is 14.2. The third kappa shape index (κ3) is 8.60. The number of rotatable bonds is 15. The van der Waals surface area contributed by atoms with Gasteiger partial charge in [-0.05, 0) is 114 Å². The number of carbonyl (C=O) groups is 1. The summed E-state index contributed by atoms with van der Waals surface area (Å²) < 4.78 is 77.9. The molecule has 1 atom stereocenters. The maximum absolute atomic E-state index is 14.2. The first-order valence-electron chi connectivity index (χ1n) is 16.6. The van der Waals surface area contributed by atoms with Gasteiger partial charge >= 0.3 is 12.3 Å². The Morgan fingerprint density at radius 1 is 0.860 bits per heavy atom. The third-order valence-electron chi connectivity index (χ3n) is 9.13. The van der Waals surface area contributed by atoms with Crippen molar-refractivity contribution in [1.82, 2.24) is 0 Å². The molecule has 0 radical (unpaired) electrons. The van der Waals surface area contributed by atoms with E-state index < -0.39 is 29.3 Å². The fourth-order valence-electron chi connectivity index (χ4n) is 6.06. The molecule has 0 spiro atoms. The van der Waals surface area contributed by atoms with Gasteiger partial charge < -0.3 is 23.7 Å². The second kappa shape index (κ2) is 15.4. The fraction of sp³-hybridized carbons (Fsp3) is 0.359. The molecule has 4 aromatic carbocycles. The maximum Gasteiger partial charge on any atom is 0.573 e. The molecule has 4 aromatic rings. The lowest BCUT2D eigenvalue weighted by Crippen LogP contribution is -2.45. The van der Waals surface area contributed by atoms with Crippen LogP contribution in [0.1, 0.15) is 64.2 Å². The zero-order valence-corrected chi connectivity index (χ0v) is 28.2. The molecular formula is C39H37ClF4O6. The van der Waals surface area contributed by atoms with Crippen LogP contribution in [0.3, 0.4) is 0 Å². The standard InChI is InChI=1S/C39H37ClF4O6/c1-2-38(23-47-24-38)22-46-17-3-4-18-48-28-11-9-27(10-12-28)37(45)49-29-13-15-31-30-14-7-25(19-32(30)36(40)33(31)21-29)5-6-26-8-16-35(34(41)20-26)50-39(42,43)44/h7-16,19-21,36H,2-6,17-18,22-24H2,1H3. The molecule has 1 aliphatic carbocycles. The zero-order chi connectivity index (χ0) is 35.3. The minimum Gasteiger partial charge on any atom is -0.494 e. The summed E-state index contributed by atoms with van der Waals surface area (Å²) in [4.78, 5) is 12.9. The van der Waals surface area contributed by atoms with Crippen LogP contribution in [0.2, 0.25) is 0 Å². The first kappa shape index (κ1) is 35.7. The van der Waals surface area contributed by atoms with Crippen molar-refractivity contribution in [2.75, 3.05) is 33.0 Å². The van der Waals surface area contributed by atoms with E-state index in [2.05, 4.69) is 11.7 Å². The van der Waals surface area contributed by atoms with Crippen molar-refractivity contribution < 1.29 is 46.0 Å². The lowest BCUT2D eigenvalue weighted by atomic mass is 9.84. The highest BCUT2D eigenvalue weighted by atomic mass is 35.5. The van der Waals surface area contributed by atoms with Gasteiger partial charge in [0.1, 0.15) is 11.5 Å². The van der Waals surface area contributed by atoms with Crippen LogP contribution in [-0.4, -0.2) is 45.4 Å². The molecule has 2 aliphatic rings. The molecule has 0 saturated carbocycles. The van der Waals surface area contributed by atoms with Gasteiger partial charge in [0.05, 0.1) is 37.4 Å². The van der Waals surface area contributed by atoms with Gasteiger partial charge in [-0.25, -0.2) is 9.18 Å². The number of alkyl halides is 4. The van der Waals surface area contributed by atoms with Crippen molar-refractivity contribution >= 4 is 17.6 Å². The van der Waals surface area contributed by atoms with Crippen LogP contribution in [0.5, 0.6) is 17.2 Å². The van der Waals surface area contributed by atoms with Crippen LogP contribution in [0.4, 0.5) is 17.6 Å². The molecule has 0 aromatic heterocycles. The van der Waals surface area contributed by atoms with E-state index in [1.54, 1.807) is 36.4 Å². The van der Waals surface area contributed by atoms with Crippen LogP contribution in [-0.2, 0) is 22.3 Å². The molecule has 0 bridgehead atoms. The van der Waals surface area contributed by atoms with Crippen LogP contribution in [0.15, 0.2) is 78.9 Å². The highest BCUT2D eigenvalue weighted by Gasteiger charge is 2.37. The molecule has 1 aliphatic heterocycles. The van der Waals surface area contributed by atoms with Crippen LogP contribution >= 0.6 is 11.6 Å². The Labute approximate surface area is 293 Å². The molecule has 1 unspecified atom stereocenters. The molecule has 0 amide bonds. The number of hydrogen-bond donors (Lipinski definition) is 0. The Kier molecular flexibility index (Phi) is 11.0. The molecule has 50 heavy (non-hydrogen) atoms. The Morgan fingerprint density at radius 2 is 1.50 bits per heavy atom. The van der Waals surface area contributed by atoms with E-state index in [1.807, 2.05) is 24.3 Å². The number of hydrogen-bond acceptors (Lipinski definition) is 6. The first-order chi connectivity index (χ1) is 24.0. The number of fused-ring (bicyclic) bond motifs is 3. The van der Waals surface area contributed by atoms with Gasteiger partial charge in [-0.3, -0.25) is 0 Å². The van der Waals surface area contributed by atoms with Gasteiger partial charge in [-0.15, -0.1) is 24.8 Å². The van der Waals surface area contributed by atoms with Crippen molar-refractivity contribution in [2.24, 2.45) is 5.41 Å². The smallest absolute Gasteiger partial charge is 0.494 e. The van der Waals surface area contributed by atoms with E-state index in [1.165, 1.54) is 6.07 Å². The summed E-state index contributed by atoms with van der Waals surface area (Å²) in [5, 5.41) is -0.483. The van der Waals surface area contributed by atoms with E-state index in [9.17, 15) is 22.4 Å². The molecule has 1 fully saturated rings. The van der Waals surface area contributed by atoms with Gasteiger partial charge in [-0.1, -0.05) is 37.3 Å². The molecule has 11 heteroatoms. The number of esters is 1. The lowest BCUT2D eigenvalue weighted by Gasteiger charge is -2.40. The van der Waals surface area contributed by atoms with E-state index in [4.69, 9.17) is 30.5 Å². The predicted octanol–water partition coefficient (Wildman–Crippen LogP) is 9.64. The fourth-order valence-corrected chi connectivity index (χ4v) is 6.42. The molecule has 1 heterocycles. The summed E-state index contributed by atoms with van der Waals surface area (Å²) in [6.07, 6.45) is -1.23. The van der Waals surface area contributed by atoms with Gasteiger partial charge in [-0.2, -0.15) is 0 Å². The van der Waals surface area contributed by atoms with Crippen molar-refractivity contribution in [3.8, 4) is 28.4 Å². The normalized spacial score (nSPS) is 15.9. The van der Waals surface area contributed by atoms with Crippen LogP contribution in [0.25, 0.3) is 11.1 Å². The molecule has 0 N–H and O–H groups in total. The van der Waals surface area contributed by atoms with E-state index in [-0.39, 0.29) is 5.41 Å². The monoisotopic (exact) mass is 712 g/mol. The Morgan fingerprint density at radius 3 is 2.16 bits per heavy atom. The third-order valence-corrected chi connectivity index (χ3v) is 9.60. The highest BCUT2D eigenvalue weighted by molar-refractivity contribution is 6.24. The van der Waals surface area contributed by atoms with Crippen molar-refractivity contribution in [1.29, 1.82) is 0 Å². The lowest BCUT2D eigenvalue weighted by molar-refractivity contribution is -0.275. The summed E-state index contributed by atoms with van der Waals surface area (Å²) in [6.45, 7) is 5.69. The molecule has 6 nitrogen and oxygen atoms in total. The summed E-state index contributed by atoms with van der Waals surface area (Å²) in [5.74, 6) is -1.41. The Balaban J connectivity index is 0.979. The minimum absolute atomic E-state index is 0.194. The second-order valence-corrected chi connectivity index (χ2v) is 13.2. The van der Waals surface area contributed by atoms with Crippen molar-refractivity contribution in [2.45, 2.75) is 50.8 Å². The van der Waals surface area contributed by atoms with Gasteiger partial charge in [0, 0.05) is 12.0 Å². The van der Waals surface area contributed by atoms with Gasteiger partial charge in [0.15, 0.2) is 11.6 Å². The average Bonchev–Trinajstić information content (AvgIpc) is 3.35. The van der Waals surface area contributed by atoms with Crippen LogP contribution < -0.4 is 14.2 Å². The molecule has 264 valence electrons. The molecular weight excluding hydrogens is 676 g/mol. The Bertz CT molecular complexity index is 1800. The van der Waals surface area contributed by atoms with Crippen LogP contribution in [0, 0.1) is 11.2 Å². The second-order valence-electron chi connectivity index (χ2n) is 12.7. The van der Waals surface area contributed by atoms with E-state index in [0.717, 1.165) is 79.0 Å². The molecule has 1 saturated heterocycles. The first-order valence-corrected chi connectivity index (χ1v) is 17.0. The SMILES string of the molecule is CCC1(COCCCCOc2ccc(C(=O)Oc3ccc4c(c3)C(Cl)c3cc(CCc5ccc(OC(F)(F)F)c(F)c5)ccc3-4)cc2)COC1.